The topological polar surface area (TPSA) is 41.6 Å². The lowest BCUT2D eigenvalue weighted by Gasteiger charge is -2.32. The van der Waals surface area contributed by atoms with Crippen LogP contribution in [0.5, 0.6) is 0 Å². The van der Waals surface area contributed by atoms with Gasteiger partial charge in [0.25, 0.3) is 5.91 Å². The van der Waals surface area contributed by atoms with Crippen LogP contribution in [0.2, 0.25) is 0 Å². The second-order valence-electron chi connectivity index (χ2n) is 5.26. The summed E-state index contributed by atoms with van der Waals surface area (Å²) in [7, 11) is 1.59. The third-order valence-corrected chi connectivity index (χ3v) is 3.41. The van der Waals surface area contributed by atoms with Crippen molar-refractivity contribution in [1.29, 1.82) is 0 Å². The highest BCUT2D eigenvalue weighted by Gasteiger charge is 2.32. The number of carbonyl (C=O) groups is 1. The molecule has 1 fully saturated rings. The first kappa shape index (κ1) is 14.5. The predicted octanol–water partition coefficient (Wildman–Crippen LogP) is 1.40. The average Bonchev–Trinajstić information content (AvgIpc) is 2.80. The predicted molar refractivity (Wildman–Crippen MR) is 69.0 cm³/mol. The summed E-state index contributed by atoms with van der Waals surface area (Å²) in [5.41, 5.74) is -0.715. The lowest BCUT2D eigenvalue weighted by atomic mass is 10.1. The molecule has 17 heavy (non-hydrogen) atoms. The van der Waals surface area contributed by atoms with Crippen molar-refractivity contribution in [3.05, 3.63) is 0 Å². The third-order valence-electron chi connectivity index (χ3n) is 3.41. The molecule has 0 aliphatic carbocycles. The van der Waals surface area contributed by atoms with Crippen molar-refractivity contribution in [3.8, 4) is 0 Å². The van der Waals surface area contributed by atoms with E-state index in [1.54, 1.807) is 7.11 Å². The van der Waals surface area contributed by atoms with E-state index in [4.69, 9.17) is 4.74 Å². The van der Waals surface area contributed by atoms with E-state index >= 15 is 0 Å². The molecular weight excluding hydrogens is 216 g/mol. The minimum Gasteiger partial charge on any atom is -0.369 e. The van der Waals surface area contributed by atoms with Gasteiger partial charge in [0.15, 0.2) is 0 Å². The zero-order valence-electron chi connectivity index (χ0n) is 11.6. The van der Waals surface area contributed by atoms with Crippen molar-refractivity contribution in [3.63, 3.8) is 0 Å². The van der Waals surface area contributed by atoms with Crippen LogP contribution in [0.4, 0.5) is 0 Å². The summed E-state index contributed by atoms with van der Waals surface area (Å²) in [5.74, 6) is 0.0931. The molecule has 1 atom stereocenters. The Balaban J connectivity index is 2.60. The number of amides is 1. The molecule has 0 bridgehead atoms. The largest absolute Gasteiger partial charge is 0.369 e. The molecule has 4 nitrogen and oxygen atoms in total. The highest BCUT2D eigenvalue weighted by molar-refractivity contribution is 5.84. The summed E-state index contributed by atoms with van der Waals surface area (Å²) in [4.78, 5) is 14.3. The lowest BCUT2D eigenvalue weighted by Crippen LogP contribution is -2.50. The minimum atomic E-state index is -0.715. The minimum absolute atomic E-state index is 0.0931. The standard InChI is InChI=1S/C13H26N2O2/c1-5-9-15(10-11-7-6-8-14-11)12(16)13(2,3)17-4/h11,14H,5-10H2,1-4H3. The van der Waals surface area contributed by atoms with E-state index in [9.17, 15) is 4.79 Å². The molecule has 0 radical (unpaired) electrons. The fourth-order valence-corrected chi connectivity index (χ4v) is 2.19. The van der Waals surface area contributed by atoms with Crippen molar-refractivity contribution < 1.29 is 9.53 Å². The Morgan fingerprint density at radius 2 is 2.24 bits per heavy atom. The molecular formula is C13H26N2O2. The Hall–Kier alpha value is -0.610. The summed E-state index contributed by atoms with van der Waals surface area (Å²) < 4.78 is 5.28. The van der Waals surface area contributed by atoms with Crippen LogP contribution >= 0.6 is 0 Å². The second-order valence-corrected chi connectivity index (χ2v) is 5.26. The number of carbonyl (C=O) groups excluding carboxylic acids is 1. The zero-order chi connectivity index (χ0) is 12.9. The van der Waals surface area contributed by atoms with Gasteiger partial charge in [0.05, 0.1) is 0 Å². The number of hydrogen-bond acceptors (Lipinski definition) is 3. The molecule has 1 amide bonds. The summed E-state index contributed by atoms with van der Waals surface area (Å²) in [6.45, 7) is 8.46. The van der Waals surface area contributed by atoms with E-state index in [1.807, 2.05) is 18.7 Å². The summed E-state index contributed by atoms with van der Waals surface area (Å²) in [6.07, 6.45) is 3.37. The van der Waals surface area contributed by atoms with Gasteiger partial charge in [-0.25, -0.2) is 0 Å². The van der Waals surface area contributed by atoms with Crippen LogP contribution in [0, 0.1) is 0 Å². The molecule has 1 N–H and O–H groups in total. The Labute approximate surface area is 105 Å². The summed E-state index contributed by atoms with van der Waals surface area (Å²) in [5, 5.41) is 3.44. The van der Waals surface area contributed by atoms with Gasteiger partial charge < -0.3 is 15.0 Å². The summed E-state index contributed by atoms with van der Waals surface area (Å²) in [6, 6.07) is 0.457. The Bertz CT molecular complexity index is 248. The highest BCUT2D eigenvalue weighted by atomic mass is 16.5. The van der Waals surface area contributed by atoms with E-state index in [2.05, 4.69) is 12.2 Å². The van der Waals surface area contributed by atoms with Crippen LogP contribution in [0.15, 0.2) is 0 Å². The fraction of sp³-hybridized carbons (Fsp3) is 0.923. The van der Waals surface area contributed by atoms with Crippen molar-refractivity contribution in [2.45, 2.75) is 51.7 Å². The van der Waals surface area contributed by atoms with Crippen LogP contribution in [-0.2, 0) is 9.53 Å². The quantitative estimate of drug-likeness (QED) is 0.765. The monoisotopic (exact) mass is 242 g/mol. The van der Waals surface area contributed by atoms with Crippen LogP contribution in [0.3, 0.4) is 0 Å². The average molecular weight is 242 g/mol. The smallest absolute Gasteiger partial charge is 0.254 e. The molecule has 1 unspecified atom stereocenters. The Morgan fingerprint density at radius 1 is 1.53 bits per heavy atom. The fourth-order valence-electron chi connectivity index (χ4n) is 2.19. The second kappa shape index (κ2) is 6.36. The first-order valence-electron chi connectivity index (χ1n) is 6.59. The van der Waals surface area contributed by atoms with Crippen molar-refractivity contribution in [2.75, 3.05) is 26.7 Å². The van der Waals surface area contributed by atoms with E-state index in [0.29, 0.717) is 6.04 Å². The van der Waals surface area contributed by atoms with Gasteiger partial charge in [-0.3, -0.25) is 4.79 Å². The Morgan fingerprint density at radius 3 is 2.71 bits per heavy atom. The molecule has 1 heterocycles. The van der Waals surface area contributed by atoms with Crippen LogP contribution in [0.25, 0.3) is 0 Å². The molecule has 1 saturated heterocycles. The van der Waals surface area contributed by atoms with E-state index in [0.717, 1.165) is 26.1 Å². The van der Waals surface area contributed by atoms with Gasteiger partial charge in [-0.15, -0.1) is 0 Å². The van der Waals surface area contributed by atoms with Crippen molar-refractivity contribution >= 4 is 5.91 Å². The maximum absolute atomic E-state index is 12.3. The van der Waals surface area contributed by atoms with E-state index < -0.39 is 5.60 Å². The molecule has 0 aromatic rings. The van der Waals surface area contributed by atoms with Crippen LogP contribution in [0.1, 0.15) is 40.0 Å². The van der Waals surface area contributed by atoms with Gasteiger partial charge in [0, 0.05) is 26.2 Å². The van der Waals surface area contributed by atoms with Gasteiger partial charge in [0.1, 0.15) is 5.60 Å². The maximum Gasteiger partial charge on any atom is 0.254 e. The van der Waals surface area contributed by atoms with Crippen LogP contribution in [-0.4, -0.2) is 49.2 Å². The normalized spacial score (nSPS) is 20.6. The number of ether oxygens (including phenoxy) is 1. The van der Waals surface area contributed by atoms with Gasteiger partial charge in [-0.05, 0) is 39.7 Å². The van der Waals surface area contributed by atoms with Gasteiger partial charge >= 0.3 is 0 Å². The van der Waals surface area contributed by atoms with Gasteiger partial charge in [0.2, 0.25) is 0 Å². The van der Waals surface area contributed by atoms with Crippen LogP contribution < -0.4 is 5.32 Å². The lowest BCUT2D eigenvalue weighted by molar-refractivity contribution is -0.151. The molecule has 0 aromatic carbocycles. The molecule has 1 rings (SSSR count). The van der Waals surface area contributed by atoms with Gasteiger partial charge in [-0.1, -0.05) is 6.92 Å². The number of hydrogen-bond donors (Lipinski definition) is 1. The number of nitrogens with zero attached hydrogens (tertiary/aromatic N) is 1. The SMILES string of the molecule is CCCN(CC1CCCN1)C(=O)C(C)(C)OC. The van der Waals surface area contributed by atoms with Crippen molar-refractivity contribution in [2.24, 2.45) is 0 Å². The molecule has 0 aromatic heterocycles. The Kier molecular flexibility index (Phi) is 5.40. The number of nitrogens with one attached hydrogen (secondary N) is 1. The molecule has 4 heteroatoms. The number of methoxy groups -OCH3 is 1. The first-order chi connectivity index (χ1) is 8.01. The molecule has 1 aliphatic rings. The summed E-state index contributed by atoms with van der Waals surface area (Å²) >= 11 is 0. The molecule has 0 saturated carbocycles. The first-order valence-corrected chi connectivity index (χ1v) is 6.59. The third kappa shape index (κ3) is 3.96. The van der Waals surface area contributed by atoms with E-state index in [-0.39, 0.29) is 5.91 Å². The zero-order valence-corrected chi connectivity index (χ0v) is 11.6. The van der Waals surface area contributed by atoms with Gasteiger partial charge in [-0.2, -0.15) is 0 Å². The highest BCUT2D eigenvalue weighted by Crippen LogP contribution is 2.15. The molecule has 1 aliphatic heterocycles. The molecule has 100 valence electrons. The molecule has 0 spiro atoms. The van der Waals surface area contributed by atoms with Crippen molar-refractivity contribution in [1.82, 2.24) is 10.2 Å². The number of rotatable bonds is 6. The maximum atomic E-state index is 12.3. The van der Waals surface area contributed by atoms with E-state index in [1.165, 1.54) is 12.8 Å².